The number of pyridine rings is 1. The van der Waals surface area contributed by atoms with Crippen molar-refractivity contribution in [1.82, 2.24) is 14.8 Å². The van der Waals surface area contributed by atoms with Crippen molar-refractivity contribution in [2.45, 2.75) is 6.92 Å². The molecule has 24 heavy (non-hydrogen) atoms. The van der Waals surface area contributed by atoms with Crippen molar-refractivity contribution in [3.8, 4) is 0 Å². The standard InChI is InChI=1S/C17H27N5O2/c1-2-24-17(23)13-21-7-5-20(6-8-21)10-14-11-22(12-14)16-4-3-15(18)9-19-16/h3-4,9,14H,2,5-8,10-13,18H2,1H3. The maximum absolute atomic E-state index is 11.5. The molecule has 3 heterocycles. The van der Waals surface area contributed by atoms with Gasteiger partial charge in [-0.05, 0) is 19.1 Å². The van der Waals surface area contributed by atoms with Gasteiger partial charge in [-0.25, -0.2) is 4.98 Å². The van der Waals surface area contributed by atoms with Crippen LogP contribution in [0, 0.1) is 5.92 Å². The Bertz CT molecular complexity index is 536. The monoisotopic (exact) mass is 333 g/mol. The van der Waals surface area contributed by atoms with Crippen molar-refractivity contribution < 1.29 is 9.53 Å². The first-order chi connectivity index (χ1) is 11.6. The number of carbonyl (C=O) groups is 1. The van der Waals surface area contributed by atoms with Crippen LogP contribution >= 0.6 is 0 Å². The van der Waals surface area contributed by atoms with Crippen LogP contribution in [0.25, 0.3) is 0 Å². The Morgan fingerprint density at radius 3 is 2.58 bits per heavy atom. The number of ether oxygens (including phenoxy) is 1. The Labute approximate surface area is 143 Å². The fourth-order valence-corrected chi connectivity index (χ4v) is 3.34. The van der Waals surface area contributed by atoms with Crippen molar-refractivity contribution in [2.24, 2.45) is 5.92 Å². The van der Waals surface area contributed by atoms with E-state index in [9.17, 15) is 4.79 Å². The molecule has 0 bridgehead atoms. The quantitative estimate of drug-likeness (QED) is 0.750. The average molecular weight is 333 g/mol. The molecule has 132 valence electrons. The SMILES string of the molecule is CCOC(=O)CN1CCN(CC2CN(c3ccc(N)cn3)C2)CC1. The molecular formula is C17H27N5O2. The molecule has 1 aromatic rings. The number of hydrogen-bond donors (Lipinski definition) is 1. The molecule has 0 spiro atoms. The van der Waals surface area contributed by atoms with Crippen molar-refractivity contribution >= 4 is 17.5 Å². The largest absolute Gasteiger partial charge is 0.465 e. The van der Waals surface area contributed by atoms with Crippen molar-refractivity contribution in [3.05, 3.63) is 18.3 Å². The number of esters is 1. The van der Waals surface area contributed by atoms with Gasteiger partial charge < -0.3 is 20.3 Å². The molecule has 2 fully saturated rings. The predicted octanol–water partition coefficient (Wildman–Crippen LogP) is 0.281. The van der Waals surface area contributed by atoms with Gasteiger partial charge in [0, 0.05) is 51.7 Å². The van der Waals surface area contributed by atoms with Crippen LogP contribution in [0.15, 0.2) is 18.3 Å². The average Bonchev–Trinajstić information content (AvgIpc) is 2.53. The Hall–Kier alpha value is -1.86. The van der Waals surface area contributed by atoms with E-state index in [-0.39, 0.29) is 5.97 Å². The van der Waals surface area contributed by atoms with Gasteiger partial charge in [0.2, 0.25) is 0 Å². The molecule has 0 atom stereocenters. The van der Waals surface area contributed by atoms with E-state index in [1.165, 1.54) is 0 Å². The third-order valence-electron chi connectivity index (χ3n) is 4.69. The van der Waals surface area contributed by atoms with Gasteiger partial charge in [0.05, 0.1) is 25.0 Å². The Kier molecular flexibility index (Phi) is 5.52. The number of nitrogens with two attached hydrogens (primary N) is 1. The normalized spacial score (nSPS) is 20.0. The molecule has 2 aliphatic rings. The lowest BCUT2D eigenvalue weighted by Crippen LogP contribution is -2.55. The van der Waals surface area contributed by atoms with Crippen molar-refractivity contribution in [1.29, 1.82) is 0 Å². The van der Waals surface area contributed by atoms with Crippen LogP contribution in [-0.4, -0.2) is 79.7 Å². The van der Waals surface area contributed by atoms with Gasteiger partial charge in [0.25, 0.3) is 0 Å². The fourth-order valence-electron chi connectivity index (χ4n) is 3.34. The molecule has 0 aromatic carbocycles. The smallest absolute Gasteiger partial charge is 0.320 e. The minimum Gasteiger partial charge on any atom is -0.465 e. The highest BCUT2D eigenvalue weighted by atomic mass is 16.5. The van der Waals surface area contributed by atoms with Gasteiger partial charge >= 0.3 is 5.97 Å². The Morgan fingerprint density at radius 2 is 1.96 bits per heavy atom. The van der Waals surface area contributed by atoms with Crippen LogP contribution in [0.4, 0.5) is 11.5 Å². The van der Waals surface area contributed by atoms with Gasteiger partial charge in [-0.2, -0.15) is 0 Å². The summed E-state index contributed by atoms with van der Waals surface area (Å²) in [4.78, 5) is 22.9. The summed E-state index contributed by atoms with van der Waals surface area (Å²) in [5.74, 6) is 1.59. The summed E-state index contributed by atoms with van der Waals surface area (Å²) in [6.45, 7) is 9.88. The number of anilines is 2. The number of rotatable bonds is 6. The molecular weight excluding hydrogens is 306 g/mol. The predicted molar refractivity (Wildman–Crippen MR) is 93.9 cm³/mol. The number of nitrogens with zero attached hydrogens (tertiary/aromatic N) is 4. The van der Waals surface area contributed by atoms with Crippen LogP contribution < -0.4 is 10.6 Å². The van der Waals surface area contributed by atoms with Gasteiger partial charge in [0.1, 0.15) is 5.82 Å². The lowest BCUT2D eigenvalue weighted by atomic mass is 9.99. The van der Waals surface area contributed by atoms with E-state index in [1.54, 1.807) is 6.20 Å². The highest BCUT2D eigenvalue weighted by Crippen LogP contribution is 2.24. The molecule has 1 aromatic heterocycles. The van der Waals surface area contributed by atoms with Crippen molar-refractivity contribution in [2.75, 3.05) is 69.6 Å². The van der Waals surface area contributed by atoms with Gasteiger partial charge in [-0.3, -0.25) is 9.69 Å². The van der Waals surface area contributed by atoms with Crippen LogP contribution in [-0.2, 0) is 9.53 Å². The van der Waals surface area contributed by atoms with Gasteiger partial charge in [0.15, 0.2) is 0 Å². The maximum Gasteiger partial charge on any atom is 0.320 e. The summed E-state index contributed by atoms with van der Waals surface area (Å²) in [5, 5.41) is 0. The van der Waals surface area contributed by atoms with Crippen LogP contribution in [0.1, 0.15) is 6.92 Å². The third kappa shape index (κ3) is 4.36. The zero-order valence-electron chi connectivity index (χ0n) is 14.4. The second kappa shape index (κ2) is 7.81. The lowest BCUT2D eigenvalue weighted by molar-refractivity contribution is -0.144. The topological polar surface area (TPSA) is 74.9 Å². The molecule has 0 radical (unpaired) electrons. The Morgan fingerprint density at radius 1 is 1.25 bits per heavy atom. The van der Waals surface area contributed by atoms with E-state index < -0.39 is 0 Å². The van der Waals surface area contributed by atoms with E-state index in [1.807, 2.05) is 19.1 Å². The number of nitrogen functional groups attached to an aromatic ring is 1. The van der Waals surface area contributed by atoms with Crippen LogP contribution in [0.5, 0.6) is 0 Å². The number of piperazine rings is 1. The molecule has 2 aliphatic heterocycles. The van der Waals surface area contributed by atoms with E-state index >= 15 is 0 Å². The second-order valence-corrected chi connectivity index (χ2v) is 6.60. The fraction of sp³-hybridized carbons (Fsp3) is 0.647. The number of carbonyl (C=O) groups excluding carboxylic acids is 1. The molecule has 0 unspecified atom stereocenters. The van der Waals surface area contributed by atoms with Crippen LogP contribution in [0.3, 0.4) is 0 Å². The van der Waals surface area contributed by atoms with E-state index in [2.05, 4.69) is 19.7 Å². The number of aromatic nitrogens is 1. The molecule has 7 nitrogen and oxygen atoms in total. The Balaban J connectivity index is 1.34. The molecule has 3 rings (SSSR count). The van der Waals surface area contributed by atoms with E-state index in [0.29, 0.717) is 24.8 Å². The molecule has 7 heteroatoms. The summed E-state index contributed by atoms with van der Waals surface area (Å²) in [7, 11) is 0. The first-order valence-electron chi connectivity index (χ1n) is 8.71. The summed E-state index contributed by atoms with van der Waals surface area (Å²) < 4.78 is 5.01. The molecule has 2 N–H and O–H groups in total. The maximum atomic E-state index is 11.5. The van der Waals surface area contributed by atoms with Gasteiger partial charge in [-0.15, -0.1) is 0 Å². The number of hydrogen-bond acceptors (Lipinski definition) is 7. The molecule has 2 saturated heterocycles. The van der Waals surface area contributed by atoms with Gasteiger partial charge in [-0.1, -0.05) is 0 Å². The minimum atomic E-state index is -0.114. The summed E-state index contributed by atoms with van der Waals surface area (Å²) >= 11 is 0. The second-order valence-electron chi connectivity index (χ2n) is 6.60. The van der Waals surface area contributed by atoms with E-state index in [4.69, 9.17) is 10.5 Å². The minimum absolute atomic E-state index is 0.114. The third-order valence-corrected chi connectivity index (χ3v) is 4.69. The summed E-state index contributed by atoms with van der Waals surface area (Å²) in [6, 6.07) is 3.89. The van der Waals surface area contributed by atoms with E-state index in [0.717, 1.165) is 51.6 Å². The molecule has 0 saturated carbocycles. The highest BCUT2D eigenvalue weighted by molar-refractivity contribution is 5.71. The lowest BCUT2D eigenvalue weighted by Gasteiger charge is -2.44. The van der Waals surface area contributed by atoms with Crippen LogP contribution in [0.2, 0.25) is 0 Å². The zero-order valence-corrected chi connectivity index (χ0v) is 14.4. The molecule has 0 aliphatic carbocycles. The summed E-state index contributed by atoms with van der Waals surface area (Å²) in [5.41, 5.74) is 6.38. The first kappa shape index (κ1) is 17.0. The molecule has 0 amide bonds. The first-order valence-corrected chi connectivity index (χ1v) is 8.71. The van der Waals surface area contributed by atoms with Crippen molar-refractivity contribution in [3.63, 3.8) is 0 Å². The zero-order chi connectivity index (χ0) is 16.9. The highest BCUT2D eigenvalue weighted by Gasteiger charge is 2.30. The summed E-state index contributed by atoms with van der Waals surface area (Å²) in [6.07, 6.45) is 1.71.